The normalized spacial score (nSPS) is 11.3. The predicted octanol–water partition coefficient (Wildman–Crippen LogP) is 3.59. The second-order valence-electron chi connectivity index (χ2n) is 5.65. The Labute approximate surface area is 174 Å². The van der Waals surface area contributed by atoms with Crippen LogP contribution < -0.4 is 15.4 Å². The van der Waals surface area contributed by atoms with Crippen LogP contribution >= 0.6 is 35.3 Å². The summed E-state index contributed by atoms with van der Waals surface area (Å²) in [5.74, 6) is 1.65. The van der Waals surface area contributed by atoms with Crippen molar-refractivity contribution in [1.29, 1.82) is 0 Å². The van der Waals surface area contributed by atoms with E-state index in [2.05, 4.69) is 45.7 Å². The molecule has 0 saturated carbocycles. The molecule has 1 aromatic carbocycles. The Balaban J connectivity index is 0.00000243. The summed E-state index contributed by atoms with van der Waals surface area (Å²) in [5.41, 5.74) is 3.28. The fourth-order valence-corrected chi connectivity index (χ4v) is 3.25. The maximum absolute atomic E-state index is 5.73. The standard InChI is InChI=1S/C18H23N5OS.HI/c1-4-24-16-9-13(2)5-6-14(16)10-20-17(19-3)21-11-15-12-23-7-8-25-18(23)22-15;/h5-9,12H,4,10-11H2,1-3H3,(H2,19,20,21);1H. The number of aromatic nitrogens is 2. The van der Waals surface area contributed by atoms with Crippen molar-refractivity contribution in [2.45, 2.75) is 26.9 Å². The van der Waals surface area contributed by atoms with Crippen LogP contribution in [-0.2, 0) is 13.1 Å². The predicted molar refractivity (Wildman–Crippen MR) is 118 cm³/mol. The molecule has 0 fully saturated rings. The van der Waals surface area contributed by atoms with Crippen LogP contribution in [0.2, 0.25) is 0 Å². The Morgan fingerprint density at radius 1 is 1.31 bits per heavy atom. The van der Waals surface area contributed by atoms with Gasteiger partial charge in [0.1, 0.15) is 5.75 Å². The van der Waals surface area contributed by atoms with Crippen molar-refractivity contribution in [3.63, 3.8) is 0 Å². The van der Waals surface area contributed by atoms with Crippen molar-refractivity contribution < 1.29 is 4.74 Å². The van der Waals surface area contributed by atoms with Crippen molar-refractivity contribution in [3.8, 4) is 5.75 Å². The van der Waals surface area contributed by atoms with Crippen LogP contribution in [0.3, 0.4) is 0 Å². The third-order valence-corrected chi connectivity index (χ3v) is 4.54. The SMILES string of the molecule is CCOc1cc(C)ccc1CNC(=NC)NCc1cn2ccsc2n1.I. The van der Waals surface area contributed by atoms with Crippen LogP contribution in [0.5, 0.6) is 5.75 Å². The lowest BCUT2D eigenvalue weighted by molar-refractivity contribution is 0.336. The number of aryl methyl sites for hydroxylation is 1. The third-order valence-electron chi connectivity index (χ3n) is 3.77. The van der Waals surface area contributed by atoms with Gasteiger partial charge in [0.2, 0.25) is 0 Å². The van der Waals surface area contributed by atoms with Gasteiger partial charge in [0.15, 0.2) is 10.9 Å². The first-order valence-corrected chi connectivity index (χ1v) is 9.15. The number of halogens is 1. The van der Waals surface area contributed by atoms with Crippen molar-refractivity contribution in [2.75, 3.05) is 13.7 Å². The van der Waals surface area contributed by atoms with E-state index in [1.807, 2.05) is 29.1 Å². The summed E-state index contributed by atoms with van der Waals surface area (Å²) in [6, 6.07) is 6.24. The van der Waals surface area contributed by atoms with E-state index in [-0.39, 0.29) is 24.0 Å². The van der Waals surface area contributed by atoms with Gasteiger partial charge in [-0.15, -0.1) is 35.3 Å². The number of nitrogens with one attached hydrogen (secondary N) is 2. The molecule has 3 rings (SSSR count). The van der Waals surface area contributed by atoms with E-state index in [1.54, 1.807) is 18.4 Å². The van der Waals surface area contributed by atoms with Gasteiger partial charge in [-0.2, -0.15) is 0 Å². The first-order chi connectivity index (χ1) is 12.2. The average Bonchev–Trinajstić information content (AvgIpc) is 3.18. The summed E-state index contributed by atoms with van der Waals surface area (Å²) in [5, 5.41) is 8.65. The minimum Gasteiger partial charge on any atom is -0.494 e. The fourth-order valence-electron chi connectivity index (χ4n) is 2.53. The van der Waals surface area contributed by atoms with Gasteiger partial charge >= 0.3 is 0 Å². The van der Waals surface area contributed by atoms with Gasteiger partial charge in [0.05, 0.1) is 18.8 Å². The van der Waals surface area contributed by atoms with Crippen molar-refractivity contribution >= 4 is 46.2 Å². The Morgan fingerprint density at radius 2 is 2.12 bits per heavy atom. The van der Waals surface area contributed by atoms with Crippen molar-refractivity contribution in [3.05, 3.63) is 52.8 Å². The summed E-state index contributed by atoms with van der Waals surface area (Å²) in [6.45, 7) is 5.99. The van der Waals surface area contributed by atoms with Gasteiger partial charge in [0, 0.05) is 36.9 Å². The Kier molecular flexibility index (Phi) is 7.70. The minimum absolute atomic E-state index is 0. The van der Waals surface area contributed by atoms with E-state index in [9.17, 15) is 0 Å². The molecule has 2 N–H and O–H groups in total. The summed E-state index contributed by atoms with van der Waals surface area (Å²) < 4.78 is 7.75. The number of thiazole rings is 1. The first-order valence-electron chi connectivity index (χ1n) is 8.27. The van der Waals surface area contributed by atoms with Gasteiger partial charge in [-0.3, -0.25) is 9.39 Å². The zero-order valence-electron chi connectivity index (χ0n) is 15.2. The highest BCUT2D eigenvalue weighted by Crippen LogP contribution is 2.20. The second-order valence-corrected chi connectivity index (χ2v) is 6.52. The number of fused-ring (bicyclic) bond motifs is 1. The quantitative estimate of drug-likeness (QED) is 0.318. The molecular formula is C18H24IN5OS. The average molecular weight is 485 g/mol. The molecule has 0 aliphatic heterocycles. The monoisotopic (exact) mass is 485 g/mol. The van der Waals surface area contributed by atoms with Crippen molar-refractivity contribution in [1.82, 2.24) is 20.0 Å². The molecule has 2 heterocycles. The third kappa shape index (κ3) is 5.10. The van der Waals surface area contributed by atoms with Crippen LogP contribution in [0.15, 0.2) is 41.0 Å². The molecule has 0 radical (unpaired) electrons. The van der Waals surface area contributed by atoms with E-state index >= 15 is 0 Å². The highest BCUT2D eigenvalue weighted by atomic mass is 127. The number of benzene rings is 1. The zero-order valence-corrected chi connectivity index (χ0v) is 18.3. The highest BCUT2D eigenvalue weighted by Gasteiger charge is 2.07. The molecular weight excluding hydrogens is 461 g/mol. The lowest BCUT2D eigenvalue weighted by Gasteiger charge is -2.14. The Morgan fingerprint density at radius 3 is 2.85 bits per heavy atom. The molecule has 0 bridgehead atoms. The van der Waals surface area contributed by atoms with Gasteiger partial charge in [-0.25, -0.2) is 4.98 Å². The van der Waals surface area contributed by atoms with E-state index < -0.39 is 0 Å². The molecule has 0 saturated heterocycles. The van der Waals surface area contributed by atoms with E-state index in [0.29, 0.717) is 19.7 Å². The van der Waals surface area contributed by atoms with E-state index in [0.717, 1.165) is 27.9 Å². The molecule has 2 aromatic heterocycles. The number of rotatable bonds is 6. The maximum Gasteiger partial charge on any atom is 0.193 e. The topological polar surface area (TPSA) is 63.0 Å². The van der Waals surface area contributed by atoms with Gasteiger partial charge < -0.3 is 15.4 Å². The van der Waals surface area contributed by atoms with Gasteiger partial charge in [-0.1, -0.05) is 12.1 Å². The lowest BCUT2D eigenvalue weighted by Crippen LogP contribution is -2.36. The van der Waals surface area contributed by atoms with Crippen LogP contribution in [0.4, 0.5) is 0 Å². The van der Waals surface area contributed by atoms with Crippen LogP contribution in [0, 0.1) is 6.92 Å². The number of hydrogen-bond acceptors (Lipinski definition) is 4. The molecule has 6 nitrogen and oxygen atoms in total. The Bertz CT molecular complexity index is 845. The number of ether oxygens (including phenoxy) is 1. The lowest BCUT2D eigenvalue weighted by atomic mass is 10.1. The number of imidazole rings is 1. The molecule has 0 aliphatic carbocycles. The molecule has 3 aromatic rings. The number of hydrogen-bond donors (Lipinski definition) is 2. The largest absolute Gasteiger partial charge is 0.494 e. The number of guanidine groups is 1. The molecule has 0 aliphatic rings. The maximum atomic E-state index is 5.73. The van der Waals surface area contributed by atoms with E-state index in [4.69, 9.17) is 4.74 Å². The summed E-state index contributed by atoms with van der Waals surface area (Å²) in [4.78, 5) is 9.84. The van der Waals surface area contributed by atoms with E-state index in [1.165, 1.54) is 5.56 Å². The molecule has 26 heavy (non-hydrogen) atoms. The summed E-state index contributed by atoms with van der Waals surface area (Å²) >= 11 is 1.63. The minimum atomic E-state index is 0. The molecule has 8 heteroatoms. The van der Waals surface area contributed by atoms with Gasteiger partial charge in [-0.05, 0) is 25.5 Å². The van der Waals surface area contributed by atoms with Crippen molar-refractivity contribution in [2.24, 2.45) is 4.99 Å². The Hall–Kier alpha value is -1.81. The first kappa shape index (κ1) is 20.5. The highest BCUT2D eigenvalue weighted by molar-refractivity contribution is 14.0. The number of aliphatic imine (C=N–C) groups is 1. The fraction of sp³-hybridized carbons (Fsp3) is 0.333. The summed E-state index contributed by atoms with van der Waals surface area (Å²) in [6.07, 6.45) is 4.04. The van der Waals surface area contributed by atoms with Crippen LogP contribution in [0.1, 0.15) is 23.7 Å². The smallest absolute Gasteiger partial charge is 0.193 e. The molecule has 0 atom stereocenters. The molecule has 140 valence electrons. The zero-order chi connectivity index (χ0) is 17.6. The number of nitrogens with zero attached hydrogens (tertiary/aromatic N) is 3. The molecule has 0 unspecified atom stereocenters. The molecule has 0 spiro atoms. The summed E-state index contributed by atoms with van der Waals surface area (Å²) in [7, 11) is 1.76. The van der Waals surface area contributed by atoms with Gasteiger partial charge in [0.25, 0.3) is 0 Å². The molecule has 0 amide bonds. The van der Waals surface area contributed by atoms with Crippen LogP contribution in [0.25, 0.3) is 4.96 Å². The second kappa shape index (κ2) is 9.77. The van der Waals surface area contributed by atoms with Crippen LogP contribution in [-0.4, -0.2) is 29.0 Å².